The van der Waals surface area contributed by atoms with Gasteiger partial charge in [0.1, 0.15) is 0 Å². The molecule has 0 spiro atoms. The summed E-state index contributed by atoms with van der Waals surface area (Å²) in [6.45, 7) is 8.10. The van der Waals surface area contributed by atoms with E-state index >= 15 is 0 Å². The molecule has 1 aliphatic heterocycles. The number of ether oxygens (including phenoxy) is 1. The number of hydrogen-bond donors (Lipinski definition) is 0. The Morgan fingerprint density at radius 2 is 1.67 bits per heavy atom. The number of anilines is 2. The Bertz CT molecular complexity index is 886. The van der Waals surface area contributed by atoms with Crippen LogP contribution < -0.4 is 14.5 Å². The molecule has 146 valence electrons. The summed E-state index contributed by atoms with van der Waals surface area (Å²) in [6, 6.07) is 5.13. The summed E-state index contributed by atoms with van der Waals surface area (Å²) >= 11 is 0. The molecule has 0 atom stereocenters. The van der Waals surface area contributed by atoms with Gasteiger partial charge < -0.3 is 14.5 Å². The summed E-state index contributed by atoms with van der Waals surface area (Å²) in [7, 11) is -1.86. The van der Waals surface area contributed by atoms with Crippen molar-refractivity contribution in [2.45, 2.75) is 30.5 Å². The average Bonchev–Trinajstić information content (AvgIpc) is 2.67. The van der Waals surface area contributed by atoms with Crippen LogP contribution in [0.3, 0.4) is 0 Å². The Kier molecular flexibility index (Phi) is 5.23. The Balaban J connectivity index is 1.68. The van der Waals surface area contributed by atoms with Crippen LogP contribution in [0.5, 0.6) is 5.88 Å². The maximum atomic E-state index is 12.5. The third-order valence-electron chi connectivity index (χ3n) is 4.56. The third kappa shape index (κ3) is 3.97. The van der Waals surface area contributed by atoms with Gasteiger partial charge in [0.05, 0.1) is 23.7 Å². The number of nitrogens with zero attached hydrogens (tertiary/aromatic N) is 5. The quantitative estimate of drug-likeness (QED) is 0.779. The molecule has 0 aromatic carbocycles. The normalized spacial score (nSPS) is 15.7. The molecule has 3 rings (SSSR count). The van der Waals surface area contributed by atoms with E-state index in [1.165, 1.54) is 0 Å². The zero-order chi connectivity index (χ0) is 19.7. The molecule has 0 saturated carbocycles. The SMILES string of the molecule is COc1ccnc(N2CCN(c3ccc(S(=O)(=O)C(C)(C)C)nc3)CC2)n1. The predicted molar refractivity (Wildman–Crippen MR) is 104 cm³/mol. The van der Waals surface area contributed by atoms with E-state index < -0.39 is 14.6 Å². The monoisotopic (exact) mass is 391 g/mol. The van der Waals surface area contributed by atoms with Crippen LogP contribution in [-0.4, -0.2) is 61.4 Å². The summed E-state index contributed by atoms with van der Waals surface area (Å²) in [5.41, 5.74) is 0.911. The number of pyridine rings is 1. The van der Waals surface area contributed by atoms with Gasteiger partial charge in [-0.15, -0.1) is 0 Å². The third-order valence-corrected chi connectivity index (χ3v) is 6.96. The minimum Gasteiger partial charge on any atom is -0.481 e. The first-order valence-electron chi connectivity index (χ1n) is 8.80. The molecular weight excluding hydrogens is 366 g/mol. The van der Waals surface area contributed by atoms with Crippen LogP contribution >= 0.6 is 0 Å². The second-order valence-electron chi connectivity index (χ2n) is 7.34. The Morgan fingerprint density at radius 3 is 2.22 bits per heavy atom. The standard InChI is InChI=1S/C18H25N5O3S/c1-18(2,3)27(24,25)16-6-5-14(13-20-16)22-9-11-23(12-10-22)17-19-8-7-15(21-17)26-4/h5-8,13H,9-12H2,1-4H3. The smallest absolute Gasteiger partial charge is 0.228 e. The van der Waals surface area contributed by atoms with E-state index in [4.69, 9.17) is 4.74 Å². The van der Waals surface area contributed by atoms with Gasteiger partial charge in [-0.2, -0.15) is 4.98 Å². The van der Waals surface area contributed by atoms with Crippen LogP contribution in [0.4, 0.5) is 11.6 Å². The fourth-order valence-electron chi connectivity index (χ4n) is 2.80. The summed E-state index contributed by atoms with van der Waals surface area (Å²) in [4.78, 5) is 17.2. The highest BCUT2D eigenvalue weighted by Gasteiger charge is 2.32. The van der Waals surface area contributed by atoms with Gasteiger partial charge in [-0.1, -0.05) is 0 Å². The zero-order valence-electron chi connectivity index (χ0n) is 16.1. The average molecular weight is 391 g/mol. The fourth-order valence-corrected chi connectivity index (χ4v) is 3.86. The van der Waals surface area contributed by atoms with Crippen LogP contribution in [0.15, 0.2) is 35.6 Å². The van der Waals surface area contributed by atoms with E-state index in [1.807, 2.05) is 6.07 Å². The van der Waals surface area contributed by atoms with Crippen molar-refractivity contribution < 1.29 is 13.2 Å². The van der Waals surface area contributed by atoms with E-state index in [9.17, 15) is 8.42 Å². The minimum absolute atomic E-state index is 0.113. The van der Waals surface area contributed by atoms with Crippen molar-refractivity contribution in [3.05, 3.63) is 30.6 Å². The highest BCUT2D eigenvalue weighted by molar-refractivity contribution is 7.92. The Hall–Kier alpha value is -2.42. The molecule has 0 unspecified atom stereocenters. The first-order valence-corrected chi connectivity index (χ1v) is 10.3. The van der Waals surface area contributed by atoms with E-state index in [-0.39, 0.29) is 5.03 Å². The molecule has 1 saturated heterocycles. The fraction of sp³-hybridized carbons (Fsp3) is 0.500. The Labute approximate surface area is 160 Å². The van der Waals surface area contributed by atoms with Crippen molar-refractivity contribution >= 4 is 21.5 Å². The van der Waals surface area contributed by atoms with Gasteiger partial charge in [-0.25, -0.2) is 18.4 Å². The van der Waals surface area contributed by atoms with Gasteiger partial charge in [-0.3, -0.25) is 0 Å². The molecule has 3 heterocycles. The van der Waals surface area contributed by atoms with Crippen LogP contribution in [0.25, 0.3) is 0 Å². The number of piperazine rings is 1. The van der Waals surface area contributed by atoms with Gasteiger partial charge in [0.25, 0.3) is 0 Å². The predicted octanol–water partition coefficient (Wildman–Crippen LogP) is 1.78. The molecule has 0 amide bonds. The highest BCUT2D eigenvalue weighted by Crippen LogP contribution is 2.25. The van der Waals surface area contributed by atoms with Gasteiger partial charge in [0, 0.05) is 38.4 Å². The summed E-state index contributed by atoms with van der Waals surface area (Å²) in [5.74, 6) is 1.20. The lowest BCUT2D eigenvalue weighted by Crippen LogP contribution is -2.47. The molecule has 0 aliphatic carbocycles. The van der Waals surface area contributed by atoms with Gasteiger partial charge in [0.2, 0.25) is 11.8 Å². The molecule has 1 fully saturated rings. The van der Waals surface area contributed by atoms with Crippen molar-refractivity contribution in [3.63, 3.8) is 0 Å². The molecule has 0 bridgehead atoms. The lowest BCUT2D eigenvalue weighted by Gasteiger charge is -2.36. The molecule has 2 aromatic heterocycles. The molecule has 1 aliphatic rings. The number of rotatable bonds is 4. The lowest BCUT2D eigenvalue weighted by molar-refractivity contribution is 0.396. The Morgan fingerprint density at radius 1 is 1.00 bits per heavy atom. The second-order valence-corrected chi connectivity index (χ2v) is 9.99. The van der Waals surface area contributed by atoms with Crippen LogP contribution in [0.1, 0.15) is 20.8 Å². The zero-order valence-corrected chi connectivity index (χ0v) is 16.9. The van der Waals surface area contributed by atoms with Gasteiger partial charge in [-0.05, 0) is 32.9 Å². The van der Waals surface area contributed by atoms with E-state index in [0.29, 0.717) is 11.8 Å². The molecule has 27 heavy (non-hydrogen) atoms. The molecule has 9 heteroatoms. The first-order chi connectivity index (χ1) is 12.7. The summed E-state index contributed by atoms with van der Waals surface area (Å²) in [5, 5.41) is 0.113. The maximum absolute atomic E-state index is 12.5. The van der Waals surface area contributed by atoms with Gasteiger partial charge in [0.15, 0.2) is 14.9 Å². The lowest BCUT2D eigenvalue weighted by atomic mass is 10.3. The van der Waals surface area contributed by atoms with E-state index in [2.05, 4.69) is 24.8 Å². The van der Waals surface area contributed by atoms with Crippen molar-refractivity contribution in [2.24, 2.45) is 0 Å². The number of hydrogen-bond acceptors (Lipinski definition) is 8. The minimum atomic E-state index is -3.44. The molecule has 0 N–H and O–H groups in total. The largest absolute Gasteiger partial charge is 0.481 e. The highest BCUT2D eigenvalue weighted by atomic mass is 32.2. The summed E-state index contributed by atoms with van der Waals surface area (Å²) < 4.78 is 29.3. The van der Waals surface area contributed by atoms with Crippen LogP contribution in [-0.2, 0) is 9.84 Å². The molecule has 8 nitrogen and oxygen atoms in total. The van der Waals surface area contributed by atoms with Crippen LogP contribution in [0, 0.1) is 0 Å². The molecule has 0 radical (unpaired) electrons. The number of sulfone groups is 1. The van der Waals surface area contributed by atoms with Crippen molar-refractivity contribution in [3.8, 4) is 5.88 Å². The maximum Gasteiger partial charge on any atom is 0.228 e. The number of aromatic nitrogens is 3. The molecule has 2 aromatic rings. The van der Waals surface area contributed by atoms with Crippen molar-refractivity contribution in [2.75, 3.05) is 43.1 Å². The van der Waals surface area contributed by atoms with Crippen LogP contribution in [0.2, 0.25) is 0 Å². The van der Waals surface area contributed by atoms with E-state index in [1.54, 1.807) is 52.4 Å². The van der Waals surface area contributed by atoms with Crippen molar-refractivity contribution in [1.82, 2.24) is 15.0 Å². The topological polar surface area (TPSA) is 88.5 Å². The molecular formula is C18H25N5O3S. The van der Waals surface area contributed by atoms with E-state index in [0.717, 1.165) is 31.9 Å². The number of methoxy groups -OCH3 is 1. The first kappa shape index (κ1) is 19.3. The van der Waals surface area contributed by atoms with Gasteiger partial charge >= 0.3 is 0 Å². The second kappa shape index (κ2) is 7.30. The summed E-state index contributed by atoms with van der Waals surface area (Å²) in [6.07, 6.45) is 3.32. The van der Waals surface area contributed by atoms with Crippen molar-refractivity contribution in [1.29, 1.82) is 0 Å².